The van der Waals surface area contributed by atoms with Crippen LogP contribution in [-0.4, -0.2) is 71.8 Å². The summed E-state index contributed by atoms with van der Waals surface area (Å²) in [4.78, 5) is 30.2. The van der Waals surface area contributed by atoms with Crippen molar-refractivity contribution in [1.82, 2.24) is 9.80 Å². The van der Waals surface area contributed by atoms with Crippen molar-refractivity contribution in [3.8, 4) is 11.5 Å². The molecule has 1 saturated heterocycles. The molecule has 0 radical (unpaired) electrons. The number of aromatic hydroxyl groups is 1. The summed E-state index contributed by atoms with van der Waals surface area (Å²) in [5.74, 6) is 0.145. The number of phenolic OH excluding ortho intramolecular Hbond substituents is 1. The van der Waals surface area contributed by atoms with Gasteiger partial charge in [-0.3, -0.25) is 14.6 Å². The van der Waals surface area contributed by atoms with Crippen LogP contribution in [0.25, 0.3) is 0 Å². The van der Waals surface area contributed by atoms with Crippen molar-refractivity contribution in [2.24, 2.45) is 0 Å². The molecule has 0 atom stereocenters. The number of rotatable bonds is 7. The van der Waals surface area contributed by atoms with Crippen molar-refractivity contribution in [1.29, 1.82) is 0 Å². The lowest BCUT2D eigenvalue weighted by Crippen LogP contribution is -2.49. The summed E-state index contributed by atoms with van der Waals surface area (Å²) in [6.45, 7) is 3.52. The Kier molecular flexibility index (Phi) is 6.12. The third kappa shape index (κ3) is 6.09. The highest BCUT2D eigenvalue weighted by Crippen LogP contribution is 2.16. The quantitative estimate of drug-likeness (QED) is 0.326. The van der Waals surface area contributed by atoms with Gasteiger partial charge in [0.05, 0.1) is 6.54 Å². The molecule has 0 aliphatic carbocycles. The molecule has 1 aliphatic heterocycles. The summed E-state index contributed by atoms with van der Waals surface area (Å²) >= 11 is 0. The predicted molar refractivity (Wildman–Crippen MR) is 79.6 cm³/mol. The minimum absolute atomic E-state index is 0.0515. The van der Waals surface area contributed by atoms with Gasteiger partial charge in [-0.25, -0.2) is 0 Å². The summed E-state index contributed by atoms with van der Waals surface area (Å²) in [7, 11) is 0. The fraction of sp³-hybridized carbons (Fsp3) is 0.500. The highest BCUT2D eigenvalue weighted by Gasteiger charge is 2.19. The first-order chi connectivity index (χ1) is 11.0. The highest BCUT2D eigenvalue weighted by molar-refractivity contribution is 5.74. The molecule has 1 aromatic rings. The van der Waals surface area contributed by atoms with Gasteiger partial charge in [-0.1, -0.05) is 0 Å². The largest absolute Gasteiger partial charge is 0.508 e. The predicted octanol–water partition coefficient (Wildman–Crippen LogP) is 0.124. The molecule has 1 aliphatic rings. The van der Waals surface area contributed by atoms with Gasteiger partial charge in [0.15, 0.2) is 0 Å². The average molecular weight is 325 g/mol. The molecular formula is C14H19N3O6. The molecule has 0 bridgehead atoms. The number of esters is 1. The van der Waals surface area contributed by atoms with Crippen LogP contribution in [0.4, 0.5) is 0 Å². The Morgan fingerprint density at radius 3 is 2.39 bits per heavy atom. The molecule has 0 amide bonds. The molecule has 1 aromatic carbocycles. The van der Waals surface area contributed by atoms with E-state index in [-0.39, 0.29) is 24.9 Å². The van der Waals surface area contributed by atoms with Crippen molar-refractivity contribution in [2.75, 3.05) is 45.9 Å². The Bertz CT molecular complexity index is 528. The van der Waals surface area contributed by atoms with Crippen molar-refractivity contribution in [2.45, 2.75) is 0 Å². The SMILES string of the molecule is O=C(CN1CCN(CCO[N+](=O)[O-])CC1)Oc1ccc(O)cc1. The van der Waals surface area contributed by atoms with Crippen molar-refractivity contribution < 1.29 is 24.6 Å². The number of benzene rings is 1. The lowest BCUT2D eigenvalue weighted by atomic mass is 10.3. The van der Waals surface area contributed by atoms with Crippen LogP contribution in [0.1, 0.15) is 0 Å². The first-order valence-electron chi connectivity index (χ1n) is 7.24. The fourth-order valence-corrected chi connectivity index (χ4v) is 2.28. The number of nitrogens with zero attached hydrogens (tertiary/aromatic N) is 3. The first-order valence-corrected chi connectivity index (χ1v) is 7.24. The molecule has 126 valence electrons. The molecule has 0 unspecified atom stereocenters. The maximum Gasteiger partial charge on any atom is 0.325 e. The zero-order valence-electron chi connectivity index (χ0n) is 12.6. The molecule has 23 heavy (non-hydrogen) atoms. The van der Waals surface area contributed by atoms with Gasteiger partial charge in [0.2, 0.25) is 0 Å². The van der Waals surface area contributed by atoms with Gasteiger partial charge < -0.3 is 14.7 Å². The second-order valence-electron chi connectivity index (χ2n) is 5.14. The molecule has 1 heterocycles. The molecule has 9 nitrogen and oxygen atoms in total. The highest BCUT2D eigenvalue weighted by atomic mass is 16.9. The zero-order valence-corrected chi connectivity index (χ0v) is 12.6. The molecule has 0 spiro atoms. The minimum Gasteiger partial charge on any atom is -0.508 e. The van der Waals surface area contributed by atoms with Crippen LogP contribution in [0.3, 0.4) is 0 Å². The summed E-state index contributed by atoms with van der Waals surface area (Å²) < 4.78 is 5.19. The Morgan fingerprint density at radius 2 is 1.78 bits per heavy atom. The van der Waals surface area contributed by atoms with Gasteiger partial charge in [-0.2, -0.15) is 0 Å². The van der Waals surface area contributed by atoms with E-state index in [1.807, 2.05) is 9.80 Å². The lowest BCUT2D eigenvalue weighted by Gasteiger charge is -2.33. The van der Waals surface area contributed by atoms with Crippen LogP contribution in [0.5, 0.6) is 11.5 Å². The van der Waals surface area contributed by atoms with Crippen molar-refractivity contribution >= 4 is 5.97 Å². The fourth-order valence-electron chi connectivity index (χ4n) is 2.28. The maximum atomic E-state index is 11.9. The van der Waals surface area contributed by atoms with E-state index in [1.165, 1.54) is 24.3 Å². The van der Waals surface area contributed by atoms with E-state index in [0.717, 1.165) is 0 Å². The summed E-state index contributed by atoms with van der Waals surface area (Å²) in [6, 6.07) is 5.96. The number of ether oxygens (including phenoxy) is 1. The van der Waals surface area contributed by atoms with Gasteiger partial charge in [-0.05, 0) is 24.3 Å². The molecular weight excluding hydrogens is 306 g/mol. The lowest BCUT2D eigenvalue weighted by molar-refractivity contribution is -0.757. The van der Waals surface area contributed by atoms with Gasteiger partial charge in [0.1, 0.15) is 18.1 Å². The second kappa shape index (κ2) is 8.30. The number of hydrogen-bond donors (Lipinski definition) is 1. The van der Waals surface area contributed by atoms with Crippen LogP contribution in [0.15, 0.2) is 24.3 Å². The van der Waals surface area contributed by atoms with E-state index in [9.17, 15) is 14.9 Å². The Morgan fingerprint density at radius 1 is 1.17 bits per heavy atom. The van der Waals surface area contributed by atoms with Crippen LogP contribution >= 0.6 is 0 Å². The first kappa shape index (κ1) is 17.0. The molecule has 1 fully saturated rings. The van der Waals surface area contributed by atoms with Crippen molar-refractivity contribution in [3.05, 3.63) is 34.4 Å². The summed E-state index contributed by atoms with van der Waals surface area (Å²) in [5, 5.41) is 18.4. The minimum atomic E-state index is -0.796. The van der Waals surface area contributed by atoms with Crippen LogP contribution in [-0.2, 0) is 9.63 Å². The Balaban J connectivity index is 1.66. The van der Waals surface area contributed by atoms with E-state index in [2.05, 4.69) is 4.84 Å². The third-order valence-electron chi connectivity index (χ3n) is 3.49. The monoisotopic (exact) mass is 325 g/mol. The van der Waals surface area contributed by atoms with E-state index in [4.69, 9.17) is 9.84 Å². The Labute approximate surface area is 133 Å². The van der Waals surface area contributed by atoms with E-state index < -0.39 is 5.09 Å². The molecule has 0 aromatic heterocycles. The molecule has 2 rings (SSSR count). The molecule has 0 saturated carbocycles. The van der Waals surface area contributed by atoms with Gasteiger partial charge in [-0.15, -0.1) is 10.1 Å². The average Bonchev–Trinajstić information content (AvgIpc) is 2.51. The zero-order chi connectivity index (χ0) is 16.7. The van der Waals surface area contributed by atoms with Gasteiger partial charge in [0.25, 0.3) is 5.09 Å². The number of hydrogen-bond acceptors (Lipinski definition) is 8. The second-order valence-corrected chi connectivity index (χ2v) is 5.14. The number of carbonyl (C=O) groups excluding carboxylic acids is 1. The van der Waals surface area contributed by atoms with E-state index >= 15 is 0 Å². The van der Waals surface area contributed by atoms with Gasteiger partial charge >= 0.3 is 5.97 Å². The number of carbonyl (C=O) groups is 1. The number of piperazine rings is 1. The molecule has 1 N–H and O–H groups in total. The van der Waals surface area contributed by atoms with Crippen molar-refractivity contribution in [3.63, 3.8) is 0 Å². The topological polar surface area (TPSA) is 105 Å². The van der Waals surface area contributed by atoms with Crippen LogP contribution < -0.4 is 4.74 Å². The molecule has 9 heteroatoms. The normalized spacial score (nSPS) is 16.0. The maximum absolute atomic E-state index is 11.9. The third-order valence-corrected chi connectivity index (χ3v) is 3.49. The summed E-state index contributed by atoms with van der Waals surface area (Å²) in [5.41, 5.74) is 0. The van der Waals surface area contributed by atoms with E-state index in [0.29, 0.717) is 38.5 Å². The Hall–Kier alpha value is -2.39. The number of phenols is 1. The smallest absolute Gasteiger partial charge is 0.325 e. The van der Waals surface area contributed by atoms with Gasteiger partial charge in [0, 0.05) is 32.7 Å². The van der Waals surface area contributed by atoms with Crippen LogP contribution in [0, 0.1) is 10.1 Å². The summed E-state index contributed by atoms with van der Waals surface area (Å²) in [6.07, 6.45) is 0. The van der Waals surface area contributed by atoms with Crippen LogP contribution in [0.2, 0.25) is 0 Å². The van der Waals surface area contributed by atoms with E-state index in [1.54, 1.807) is 0 Å². The standard InChI is InChI=1S/C14H19N3O6/c18-12-1-3-13(4-2-12)23-14(19)11-16-7-5-15(6-8-16)9-10-22-17(20)21/h1-4,18H,5-11H2.